The van der Waals surface area contributed by atoms with Crippen molar-refractivity contribution >= 4 is 38.9 Å². The van der Waals surface area contributed by atoms with Crippen LogP contribution in [0.15, 0.2) is 77.7 Å². The standard InChI is InChI=1S/C21H19ClN2O4S/c1-24(18-10-12-19(28-2)13-11-18)29(26,27)20-5-3-4-15(14-20)21(25)23-17-8-6-16(22)7-9-17/h3-14H,1-2H3,(H,23,25). The molecule has 0 fully saturated rings. The van der Waals surface area contributed by atoms with Crippen molar-refractivity contribution in [2.75, 3.05) is 23.8 Å². The van der Waals surface area contributed by atoms with Crippen molar-refractivity contribution in [3.05, 3.63) is 83.4 Å². The lowest BCUT2D eigenvalue weighted by molar-refractivity contribution is 0.102. The van der Waals surface area contributed by atoms with E-state index in [9.17, 15) is 13.2 Å². The van der Waals surface area contributed by atoms with Crippen LogP contribution < -0.4 is 14.4 Å². The van der Waals surface area contributed by atoms with E-state index in [2.05, 4.69) is 5.32 Å². The van der Waals surface area contributed by atoms with Crippen molar-refractivity contribution in [1.82, 2.24) is 0 Å². The molecule has 0 atom stereocenters. The van der Waals surface area contributed by atoms with Crippen LogP contribution in [0.4, 0.5) is 11.4 Å². The Bertz CT molecular complexity index is 1110. The number of amides is 1. The molecule has 3 rings (SSSR count). The zero-order chi connectivity index (χ0) is 21.0. The summed E-state index contributed by atoms with van der Waals surface area (Å²) in [5, 5.41) is 3.27. The summed E-state index contributed by atoms with van der Waals surface area (Å²) < 4.78 is 32.3. The monoisotopic (exact) mass is 430 g/mol. The van der Waals surface area contributed by atoms with Crippen LogP contribution in [0.25, 0.3) is 0 Å². The Labute approximate surface area is 174 Å². The van der Waals surface area contributed by atoms with E-state index in [1.807, 2.05) is 0 Å². The number of carbonyl (C=O) groups excluding carboxylic acids is 1. The first kappa shape index (κ1) is 20.7. The van der Waals surface area contributed by atoms with Crippen LogP contribution in [-0.4, -0.2) is 28.5 Å². The highest BCUT2D eigenvalue weighted by molar-refractivity contribution is 7.92. The molecule has 0 saturated carbocycles. The number of anilines is 2. The number of nitrogens with zero attached hydrogens (tertiary/aromatic N) is 1. The predicted octanol–water partition coefficient (Wildman–Crippen LogP) is 4.43. The van der Waals surface area contributed by atoms with E-state index in [1.165, 1.54) is 32.4 Å². The van der Waals surface area contributed by atoms with Gasteiger partial charge in [-0.05, 0) is 66.7 Å². The third-order valence-corrected chi connectivity index (χ3v) is 6.33. The minimum Gasteiger partial charge on any atom is -0.497 e. The number of rotatable bonds is 6. The van der Waals surface area contributed by atoms with Gasteiger partial charge in [0.25, 0.3) is 15.9 Å². The lowest BCUT2D eigenvalue weighted by Gasteiger charge is -2.20. The summed E-state index contributed by atoms with van der Waals surface area (Å²) in [5.74, 6) is 0.205. The molecule has 1 amide bonds. The number of nitrogens with one attached hydrogen (secondary N) is 1. The second kappa shape index (κ2) is 8.55. The number of benzene rings is 3. The van der Waals surface area contributed by atoms with Crippen molar-refractivity contribution in [3.8, 4) is 5.75 Å². The van der Waals surface area contributed by atoms with Crippen molar-refractivity contribution in [2.45, 2.75) is 4.90 Å². The van der Waals surface area contributed by atoms with E-state index in [0.29, 0.717) is 22.1 Å². The van der Waals surface area contributed by atoms with E-state index in [0.717, 1.165) is 4.31 Å². The Morgan fingerprint density at radius 1 is 1.00 bits per heavy atom. The molecule has 0 spiro atoms. The van der Waals surface area contributed by atoms with E-state index in [-0.39, 0.29) is 10.5 Å². The average Bonchev–Trinajstić information content (AvgIpc) is 2.75. The summed E-state index contributed by atoms with van der Waals surface area (Å²) in [7, 11) is -0.857. The molecule has 0 aromatic heterocycles. The first-order chi connectivity index (χ1) is 13.8. The molecule has 150 valence electrons. The van der Waals surface area contributed by atoms with E-state index in [1.54, 1.807) is 54.6 Å². The van der Waals surface area contributed by atoms with Crippen LogP contribution in [0.3, 0.4) is 0 Å². The molecule has 8 heteroatoms. The van der Waals surface area contributed by atoms with Crippen LogP contribution in [0.2, 0.25) is 5.02 Å². The van der Waals surface area contributed by atoms with Gasteiger partial charge in [0.15, 0.2) is 0 Å². The van der Waals surface area contributed by atoms with Crippen molar-refractivity contribution in [1.29, 1.82) is 0 Å². The second-order valence-electron chi connectivity index (χ2n) is 6.16. The molecule has 0 aliphatic heterocycles. The lowest BCUT2D eigenvalue weighted by atomic mass is 10.2. The number of ether oxygens (including phenoxy) is 1. The maximum absolute atomic E-state index is 13.0. The first-order valence-corrected chi connectivity index (χ1v) is 10.4. The fraction of sp³-hybridized carbons (Fsp3) is 0.0952. The summed E-state index contributed by atoms with van der Waals surface area (Å²) in [6.45, 7) is 0. The Morgan fingerprint density at radius 3 is 2.28 bits per heavy atom. The highest BCUT2D eigenvalue weighted by atomic mass is 35.5. The van der Waals surface area contributed by atoms with Gasteiger partial charge >= 0.3 is 0 Å². The Hall–Kier alpha value is -3.03. The zero-order valence-electron chi connectivity index (χ0n) is 15.8. The number of carbonyl (C=O) groups is 1. The summed E-state index contributed by atoms with van der Waals surface area (Å²) in [6, 6.07) is 19.2. The molecule has 6 nitrogen and oxygen atoms in total. The fourth-order valence-electron chi connectivity index (χ4n) is 2.62. The second-order valence-corrected chi connectivity index (χ2v) is 8.57. The Kier molecular flexibility index (Phi) is 6.10. The van der Waals surface area contributed by atoms with Crippen LogP contribution >= 0.6 is 11.6 Å². The Morgan fingerprint density at radius 2 is 1.66 bits per heavy atom. The van der Waals surface area contributed by atoms with E-state index in [4.69, 9.17) is 16.3 Å². The molecule has 0 radical (unpaired) electrons. The van der Waals surface area contributed by atoms with Gasteiger partial charge in [0.1, 0.15) is 5.75 Å². The number of sulfonamides is 1. The van der Waals surface area contributed by atoms with Gasteiger partial charge in [0.2, 0.25) is 0 Å². The van der Waals surface area contributed by atoms with Gasteiger partial charge in [0, 0.05) is 23.3 Å². The molecular formula is C21H19ClN2O4S. The van der Waals surface area contributed by atoms with Crippen molar-refractivity contribution in [2.24, 2.45) is 0 Å². The molecule has 29 heavy (non-hydrogen) atoms. The minimum atomic E-state index is -3.85. The quantitative estimate of drug-likeness (QED) is 0.627. The van der Waals surface area contributed by atoms with Crippen LogP contribution in [-0.2, 0) is 10.0 Å². The van der Waals surface area contributed by atoms with Crippen molar-refractivity contribution < 1.29 is 17.9 Å². The summed E-state index contributed by atoms with van der Waals surface area (Å²) in [5.41, 5.74) is 1.26. The number of methoxy groups -OCH3 is 1. The molecule has 0 unspecified atom stereocenters. The topological polar surface area (TPSA) is 75.7 Å². The normalized spacial score (nSPS) is 11.0. The number of halogens is 1. The SMILES string of the molecule is COc1ccc(N(C)S(=O)(=O)c2cccc(C(=O)Nc3ccc(Cl)cc3)c2)cc1. The van der Waals surface area contributed by atoms with Gasteiger partial charge in [-0.3, -0.25) is 9.10 Å². The largest absolute Gasteiger partial charge is 0.497 e. The molecule has 3 aromatic rings. The smallest absolute Gasteiger partial charge is 0.264 e. The third-order valence-electron chi connectivity index (χ3n) is 4.29. The molecule has 0 heterocycles. The molecular weight excluding hydrogens is 412 g/mol. The van der Waals surface area contributed by atoms with Crippen LogP contribution in [0.5, 0.6) is 5.75 Å². The molecule has 0 aliphatic carbocycles. The van der Waals surface area contributed by atoms with Crippen LogP contribution in [0, 0.1) is 0 Å². The maximum atomic E-state index is 13.0. The maximum Gasteiger partial charge on any atom is 0.264 e. The fourth-order valence-corrected chi connectivity index (χ4v) is 3.99. The summed E-state index contributed by atoms with van der Waals surface area (Å²) in [4.78, 5) is 12.5. The predicted molar refractivity (Wildman–Crippen MR) is 114 cm³/mol. The molecule has 0 aliphatic rings. The Balaban J connectivity index is 1.84. The third kappa shape index (κ3) is 4.70. The molecule has 3 aromatic carbocycles. The van der Waals surface area contributed by atoms with Gasteiger partial charge in [-0.25, -0.2) is 8.42 Å². The lowest BCUT2D eigenvalue weighted by Crippen LogP contribution is -2.26. The van der Waals surface area contributed by atoms with Crippen LogP contribution in [0.1, 0.15) is 10.4 Å². The highest BCUT2D eigenvalue weighted by Crippen LogP contribution is 2.25. The number of hydrogen-bond donors (Lipinski definition) is 1. The van der Waals surface area contributed by atoms with Gasteiger partial charge in [-0.2, -0.15) is 0 Å². The summed E-state index contributed by atoms with van der Waals surface area (Å²) >= 11 is 5.84. The molecule has 1 N–H and O–H groups in total. The first-order valence-electron chi connectivity index (χ1n) is 8.61. The number of hydrogen-bond acceptors (Lipinski definition) is 4. The summed E-state index contributed by atoms with van der Waals surface area (Å²) in [6.07, 6.45) is 0. The zero-order valence-corrected chi connectivity index (χ0v) is 17.4. The molecule has 0 saturated heterocycles. The van der Waals surface area contributed by atoms with E-state index >= 15 is 0 Å². The highest BCUT2D eigenvalue weighted by Gasteiger charge is 2.22. The average molecular weight is 431 g/mol. The van der Waals surface area contributed by atoms with Gasteiger partial charge in [-0.1, -0.05) is 17.7 Å². The van der Waals surface area contributed by atoms with Crippen molar-refractivity contribution in [3.63, 3.8) is 0 Å². The van der Waals surface area contributed by atoms with Gasteiger partial charge in [-0.15, -0.1) is 0 Å². The molecule has 0 bridgehead atoms. The van der Waals surface area contributed by atoms with E-state index < -0.39 is 15.9 Å². The van der Waals surface area contributed by atoms with Gasteiger partial charge in [0.05, 0.1) is 17.7 Å². The minimum absolute atomic E-state index is 0.0135. The van der Waals surface area contributed by atoms with Gasteiger partial charge < -0.3 is 10.1 Å².